The van der Waals surface area contributed by atoms with Crippen LogP contribution in [0.5, 0.6) is 5.75 Å². The summed E-state index contributed by atoms with van der Waals surface area (Å²) in [7, 11) is 1.90. The van der Waals surface area contributed by atoms with E-state index >= 15 is 0 Å². The van der Waals surface area contributed by atoms with Gasteiger partial charge in [0.05, 0.1) is 18.8 Å². The van der Waals surface area contributed by atoms with E-state index in [9.17, 15) is 0 Å². The number of benzene rings is 1. The summed E-state index contributed by atoms with van der Waals surface area (Å²) in [5.74, 6) is 6.72. The predicted octanol–water partition coefficient (Wildman–Crippen LogP) is 1.86. The Balaban J connectivity index is 1.90. The first-order valence-electron chi connectivity index (χ1n) is 6.56. The fourth-order valence-corrected chi connectivity index (χ4v) is 3.16. The van der Waals surface area contributed by atoms with Crippen LogP contribution in [-0.2, 0) is 19.9 Å². The third kappa shape index (κ3) is 2.59. The van der Waals surface area contributed by atoms with Crippen LogP contribution in [0.1, 0.15) is 22.7 Å². The molecule has 6 heteroatoms. The number of aromatic nitrogens is 2. The standard InChI is InChI=1S/C14H17BrN4O/c1-19-8-11(7-17-19)13(18-16)6-10-5-12(15)4-9-2-3-20-14(9)10/h4-5,7-8,13,18H,2-3,6,16H2,1H3. The number of rotatable bonds is 4. The number of nitrogens with zero attached hydrogens (tertiary/aromatic N) is 2. The van der Waals surface area contributed by atoms with E-state index in [0.29, 0.717) is 0 Å². The van der Waals surface area contributed by atoms with Crippen molar-refractivity contribution >= 4 is 15.9 Å². The van der Waals surface area contributed by atoms with Crippen molar-refractivity contribution < 1.29 is 4.74 Å². The van der Waals surface area contributed by atoms with E-state index in [1.165, 1.54) is 11.1 Å². The molecule has 1 aliphatic heterocycles. The summed E-state index contributed by atoms with van der Waals surface area (Å²) in [4.78, 5) is 0. The molecule has 1 atom stereocenters. The third-order valence-corrected chi connectivity index (χ3v) is 4.04. The van der Waals surface area contributed by atoms with Crippen LogP contribution in [-0.4, -0.2) is 16.4 Å². The zero-order chi connectivity index (χ0) is 14.1. The number of hydrogen-bond donors (Lipinski definition) is 2. The van der Waals surface area contributed by atoms with Gasteiger partial charge in [-0.2, -0.15) is 5.10 Å². The highest BCUT2D eigenvalue weighted by Gasteiger charge is 2.21. The Labute approximate surface area is 126 Å². The van der Waals surface area contributed by atoms with Gasteiger partial charge in [-0.1, -0.05) is 15.9 Å². The van der Waals surface area contributed by atoms with Gasteiger partial charge in [0.1, 0.15) is 5.75 Å². The molecule has 0 spiro atoms. The SMILES string of the molecule is Cn1cc(C(Cc2cc(Br)cc3c2OCC3)NN)cn1. The third-order valence-electron chi connectivity index (χ3n) is 3.58. The van der Waals surface area contributed by atoms with Gasteiger partial charge in [0.25, 0.3) is 0 Å². The fraction of sp³-hybridized carbons (Fsp3) is 0.357. The molecule has 1 unspecified atom stereocenters. The molecule has 0 saturated heterocycles. The quantitative estimate of drug-likeness (QED) is 0.660. The van der Waals surface area contributed by atoms with Crippen LogP contribution in [0.25, 0.3) is 0 Å². The number of halogens is 1. The van der Waals surface area contributed by atoms with Crippen molar-refractivity contribution in [2.75, 3.05) is 6.61 Å². The van der Waals surface area contributed by atoms with Crippen LogP contribution in [0.15, 0.2) is 29.0 Å². The Morgan fingerprint density at radius 1 is 1.55 bits per heavy atom. The molecule has 0 fully saturated rings. The summed E-state index contributed by atoms with van der Waals surface area (Å²) in [6, 6.07) is 4.25. The van der Waals surface area contributed by atoms with E-state index in [2.05, 4.69) is 38.6 Å². The molecular formula is C14H17BrN4O. The fourth-order valence-electron chi connectivity index (χ4n) is 2.61. The first-order chi connectivity index (χ1) is 9.67. The monoisotopic (exact) mass is 336 g/mol. The smallest absolute Gasteiger partial charge is 0.125 e. The van der Waals surface area contributed by atoms with Gasteiger partial charge in [-0.05, 0) is 29.7 Å². The van der Waals surface area contributed by atoms with Gasteiger partial charge in [0.15, 0.2) is 0 Å². The van der Waals surface area contributed by atoms with Crippen molar-refractivity contribution in [1.29, 1.82) is 0 Å². The first kappa shape index (κ1) is 13.6. The molecule has 1 aromatic heterocycles. The van der Waals surface area contributed by atoms with E-state index in [4.69, 9.17) is 10.6 Å². The first-order valence-corrected chi connectivity index (χ1v) is 7.35. The Morgan fingerprint density at radius 3 is 3.10 bits per heavy atom. The molecule has 20 heavy (non-hydrogen) atoms. The summed E-state index contributed by atoms with van der Waals surface area (Å²) < 4.78 is 8.62. The zero-order valence-corrected chi connectivity index (χ0v) is 12.9. The average molecular weight is 337 g/mol. The summed E-state index contributed by atoms with van der Waals surface area (Å²) in [5, 5.41) is 4.20. The summed E-state index contributed by atoms with van der Waals surface area (Å²) >= 11 is 3.56. The van der Waals surface area contributed by atoms with Crippen LogP contribution >= 0.6 is 15.9 Å². The van der Waals surface area contributed by atoms with Crippen LogP contribution in [0.3, 0.4) is 0 Å². The minimum Gasteiger partial charge on any atom is -0.493 e. The maximum atomic E-state index is 5.76. The lowest BCUT2D eigenvalue weighted by Gasteiger charge is -2.16. The molecule has 0 aliphatic carbocycles. The molecular weight excluding hydrogens is 320 g/mol. The molecule has 0 amide bonds. The highest BCUT2D eigenvalue weighted by Crippen LogP contribution is 2.35. The summed E-state index contributed by atoms with van der Waals surface area (Å²) in [5.41, 5.74) is 6.36. The van der Waals surface area contributed by atoms with Crippen molar-refractivity contribution in [3.63, 3.8) is 0 Å². The minimum absolute atomic E-state index is 0.0197. The molecule has 106 valence electrons. The topological polar surface area (TPSA) is 65.1 Å². The van der Waals surface area contributed by atoms with Gasteiger partial charge in [0.2, 0.25) is 0 Å². The molecule has 1 aromatic carbocycles. The van der Waals surface area contributed by atoms with Gasteiger partial charge in [-0.3, -0.25) is 16.0 Å². The lowest BCUT2D eigenvalue weighted by atomic mass is 9.99. The van der Waals surface area contributed by atoms with Gasteiger partial charge < -0.3 is 4.74 Å². The summed E-state index contributed by atoms with van der Waals surface area (Å²) in [6.07, 6.45) is 5.55. The number of nitrogens with two attached hydrogens (primary N) is 1. The van der Waals surface area contributed by atoms with Crippen molar-refractivity contribution in [2.45, 2.75) is 18.9 Å². The normalized spacial score (nSPS) is 14.9. The number of aryl methyl sites for hydroxylation is 1. The van der Waals surface area contributed by atoms with Crippen LogP contribution in [0.4, 0.5) is 0 Å². The zero-order valence-electron chi connectivity index (χ0n) is 11.3. The van der Waals surface area contributed by atoms with E-state index in [1.54, 1.807) is 4.68 Å². The minimum atomic E-state index is 0.0197. The van der Waals surface area contributed by atoms with Gasteiger partial charge >= 0.3 is 0 Å². The molecule has 3 rings (SSSR count). The molecule has 5 nitrogen and oxygen atoms in total. The highest BCUT2D eigenvalue weighted by atomic mass is 79.9. The Hall–Kier alpha value is -1.37. The predicted molar refractivity (Wildman–Crippen MR) is 80.3 cm³/mol. The Bertz CT molecular complexity index is 626. The van der Waals surface area contributed by atoms with E-state index in [0.717, 1.165) is 35.2 Å². The van der Waals surface area contributed by atoms with Crippen molar-refractivity contribution in [3.05, 3.63) is 45.7 Å². The Kier molecular flexibility index (Phi) is 3.78. The lowest BCUT2D eigenvalue weighted by Crippen LogP contribution is -2.29. The molecule has 2 aromatic rings. The number of nitrogens with one attached hydrogen (secondary N) is 1. The Morgan fingerprint density at radius 2 is 2.40 bits per heavy atom. The van der Waals surface area contributed by atoms with Gasteiger partial charge in [0, 0.05) is 29.7 Å². The molecule has 0 saturated carbocycles. The molecule has 0 radical (unpaired) electrons. The number of hydrazine groups is 1. The molecule has 2 heterocycles. The number of ether oxygens (including phenoxy) is 1. The highest BCUT2D eigenvalue weighted by molar-refractivity contribution is 9.10. The second-order valence-corrected chi connectivity index (χ2v) is 5.94. The van der Waals surface area contributed by atoms with Crippen molar-refractivity contribution in [1.82, 2.24) is 15.2 Å². The van der Waals surface area contributed by atoms with Crippen molar-refractivity contribution in [2.24, 2.45) is 12.9 Å². The largest absolute Gasteiger partial charge is 0.493 e. The van der Waals surface area contributed by atoms with Crippen LogP contribution < -0.4 is 16.0 Å². The van der Waals surface area contributed by atoms with Gasteiger partial charge in [-0.25, -0.2) is 0 Å². The van der Waals surface area contributed by atoms with E-state index < -0.39 is 0 Å². The van der Waals surface area contributed by atoms with Crippen LogP contribution in [0, 0.1) is 0 Å². The van der Waals surface area contributed by atoms with E-state index in [-0.39, 0.29) is 6.04 Å². The second-order valence-electron chi connectivity index (χ2n) is 5.02. The summed E-state index contributed by atoms with van der Waals surface area (Å²) in [6.45, 7) is 0.756. The number of fused-ring (bicyclic) bond motifs is 1. The molecule has 3 N–H and O–H groups in total. The maximum absolute atomic E-state index is 5.76. The lowest BCUT2D eigenvalue weighted by molar-refractivity contribution is 0.351. The number of hydrogen-bond acceptors (Lipinski definition) is 4. The van der Waals surface area contributed by atoms with Crippen molar-refractivity contribution in [3.8, 4) is 5.75 Å². The van der Waals surface area contributed by atoms with Gasteiger partial charge in [-0.15, -0.1) is 0 Å². The van der Waals surface area contributed by atoms with E-state index in [1.807, 2.05) is 19.4 Å². The maximum Gasteiger partial charge on any atom is 0.125 e. The second kappa shape index (κ2) is 5.55. The molecule has 0 bridgehead atoms. The van der Waals surface area contributed by atoms with Crippen LogP contribution in [0.2, 0.25) is 0 Å². The average Bonchev–Trinajstić information content (AvgIpc) is 3.04. The molecule has 1 aliphatic rings.